The van der Waals surface area contributed by atoms with E-state index in [1.807, 2.05) is 60.0 Å². The molecule has 0 saturated carbocycles. The second-order valence-corrected chi connectivity index (χ2v) is 7.48. The fourth-order valence-electron chi connectivity index (χ4n) is 3.30. The Bertz CT molecular complexity index is 978. The molecule has 5 heteroatoms. The molecule has 1 N–H and O–H groups in total. The molecule has 0 aliphatic carbocycles. The molecule has 2 aromatic carbocycles. The number of amides is 2. The van der Waals surface area contributed by atoms with Gasteiger partial charge in [-0.25, -0.2) is 0 Å². The van der Waals surface area contributed by atoms with Gasteiger partial charge in [0.15, 0.2) is 0 Å². The molecule has 27 heavy (non-hydrogen) atoms. The van der Waals surface area contributed by atoms with Crippen LogP contribution in [0.15, 0.2) is 60.0 Å². The predicted molar refractivity (Wildman–Crippen MR) is 110 cm³/mol. The monoisotopic (exact) mass is 376 g/mol. The zero-order valence-electron chi connectivity index (χ0n) is 15.1. The van der Waals surface area contributed by atoms with Crippen LogP contribution in [0, 0.1) is 0 Å². The number of thiophene rings is 1. The molecular formula is C22H20N2O2S. The predicted octanol–water partition coefficient (Wildman–Crippen LogP) is 4.77. The maximum atomic E-state index is 12.7. The summed E-state index contributed by atoms with van der Waals surface area (Å²) < 4.78 is 0. The van der Waals surface area contributed by atoms with Gasteiger partial charge >= 0.3 is 0 Å². The number of anilines is 2. The van der Waals surface area contributed by atoms with Crippen molar-refractivity contribution < 1.29 is 9.59 Å². The first-order valence-electron chi connectivity index (χ1n) is 9.04. The van der Waals surface area contributed by atoms with Crippen LogP contribution in [-0.4, -0.2) is 18.4 Å². The number of carbonyl (C=O) groups is 2. The Morgan fingerprint density at radius 2 is 1.93 bits per heavy atom. The Morgan fingerprint density at radius 1 is 1.11 bits per heavy atom. The minimum atomic E-state index is -0.147. The molecule has 0 saturated heterocycles. The topological polar surface area (TPSA) is 49.4 Å². The van der Waals surface area contributed by atoms with Gasteiger partial charge < -0.3 is 10.2 Å². The van der Waals surface area contributed by atoms with Crippen LogP contribution >= 0.6 is 11.3 Å². The highest BCUT2D eigenvalue weighted by Crippen LogP contribution is 2.32. The van der Waals surface area contributed by atoms with Crippen molar-refractivity contribution in [1.29, 1.82) is 0 Å². The van der Waals surface area contributed by atoms with E-state index < -0.39 is 0 Å². The van der Waals surface area contributed by atoms with Gasteiger partial charge in [0, 0.05) is 23.5 Å². The molecule has 1 aromatic heterocycles. The van der Waals surface area contributed by atoms with Crippen molar-refractivity contribution in [3.05, 3.63) is 81.5 Å². The van der Waals surface area contributed by atoms with Crippen molar-refractivity contribution in [3.63, 3.8) is 0 Å². The molecule has 2 heterocycles. The molecule has 4 nitrogen and oxygen atoms in total. The Labute approximate surface area is 162 Å². The number of nitrogens with zero attached hydrogens (tertiary/aromatic N) is 1. The van der Waals surface area contributed by atoms with Crippen LogP contribution in [0.5, 0.6) is 0 Å². The number of carbonyl (C=O) groups excluding carboxylic acids is 2. The molecule has 0 spiro atoms. The molecular weight excluding hydrogens is 356 g/mol. The fraction of sp³-hybridized carbons (Fsp3) is 0.182. The van der Waals surface area contributed by atoms with Gasteiger partial charge in [0.1, 0.15) is 0 Å². The quantitative estimate of drug-likeness (QED) is 0.713. The summed E-state index contributed by atoms with van der Waals surface area (Å²) in [6.07, 6.45) is 1.78. The number of fused-ring (bicyclic) bond motifs is 1. The highest BCUT2D eigenvalue weighted by atomic mass is 32.1. The van der Waals surface area contributed by atoms with Crippen LogP contribution < -0.4 is 10.2 Å². The Kier molecular flexibility index (Phi) is 4.77. The maximum absolute atomic E-state index is 12.7. The normalized spacial score (nSPS) is 12.7. The van der Waals surface area contributed by atoms with E-state index in [-0.39, 0.29) is 11.8 Å². The van der Waals surface area contributed by atoms with Crippen LogP contribution in [0.25, 0.3) is 0 Å². The van der Waals surface area contributed by atoms with Crippen LogP contribution in [0.3, 0.4) is 0 Å². The Balaban J connectivity index is 1.54. The Morgan fingerprint density at radius 3 is 2.63 bits per heavy atom. The zero-order valence-corrected chi connectivity index (χ0v) is 15.9. The molecule has 3 aromatic rings. The molecule has 1 aliphatic heterocycles. The minimum Gasteiger partial charge on any atom is -0.322 e. The number of aryl methyl sites for hydroxylation is 1. The first-order chi connectivity index (χ1) is 13.2. The van der Waals surface area contributed by atoms with Gasteiger partial charge in [0.25, 0.3) is 11.8 Å². The summed E-state index contributed by atoms with van der Waals surface area (Å²) in [6, 6.07) is 17.1. The first kappa shape index (κ1) is 17.5. The number of nitrogens with one attached hydrogen (secondary N) is 1. The molecule has 0 bridgehead atoms. The van der Waals surface area contributed by atoms with Crippen molar-refractivity contribution in [3.8, 4) is 0 Å². The lowest BCUT2D eigenvalue weighted by Crippen LogP contribution is -2.28. The molecule has 1 aliphatic rings. The van der Waals surface area contributed by atoms with E-state index >= 15 is 0 Å². The zero-order chi connectivity index (χ0) is 18.8. The minimum absolute atomic E-state index is 0.0161. The highest BCUT2D eigenvalue weighted by molar-refractivity contribution is 7.12. The Hall–Kier alpha value is -2.92. The van der Waals surface area contributed by atoms with Crippen LogP contribution in [0.4, 0.5) is 11.4 Å². The van der Waals surface area contributed by atoms with Gasteiger partial charge in [-0.2, -0.15) is 0 Å². The summed E-state index contributed by atoms with van der Waals surface area (Å²) in [5.41, 5.74) is 4.54. The van der Waals surface area contributed by atoms with Crippen molar-refractivity contribution in [2.45, 2.75) is 19.8 Å². The van der Waals surface area contributed by atoms with E-state index in [0.29, 0.717) is 17.8 Å². The standard InChI is InChI=1S/C22H20N2O2S/c1-2-15-5-7-17(8-6-15)21(25)23-18-10-9-16-11-12-24(19(16)14-18)22(26)20-4-3-13-27-20/h3-10,13-14H,2,11-12H2,1H3,(H,23,25). The summed E-state index contributed by atoms with van der Waals surface area (Å²) in [6.45, 7) is 2.75. The van der Waals surface area contributed by atoms with E-state index in [4.69, 9.17) is 0 Å². The number of rotatable bonds is 4. The van der Waals surface area contributed by atoms with Crippen molar-refractivity contribution >= 4 is 34.5 Å². The summed E-state index contributed by atoms with van der Waals surface area (Å²) >= 11 is 1.45. The first-order valence-corrected chi connectivity index (χ1v) is 9.92. The molecule has 0 radical (unpaired) electrons. The van der Waals surface area contributed by atoms with Crippen molar-refractivity contribution in [1.82, 2.24) is 0 Å². The van der Waals surface area contributed by atoms with Gasteiger partial charge in [-0.05, 0) is 59.7 Å². The molecule has 136 valence electrons. The third-order valence-electron chi connectivity index (χ3n) is 4.84. The summed E-state index contributed by atoms with van der Waals surface area (Å²) in [4.78, 5) is 27.8. The molecule has 0 unspecified atom stereocenters. The highest BCUT2D eigenvalue weighted by Gasteiger charge is 2.26. The van der Waals surface area contributed by atoms with Gasteiger partial charge in [-0.1, -0.05) is 31.2 Å². The largest absolute Gasteiger partial charge is 0.322 e. The van der Waals surface area contributed by atoms with Gasteiger partial charge in [-0.15, -0.1) is 11.3 Å². The molecule has 4 rings (SSSR count). The van der Waals surface area contributed by atoms with Crippen LogP contribution in [-0.2, 0) is 12.8 Å². The van der Waals surface area contributed by atoms with Crippen molar-refractivity contribution in [2.75, 3.05) is 16.8 Å². The SMILES string of the molecule is CCc1ccc(C(=O)Nc2ccc3c(c2)N(C(=O)c2cccs2)CC3)cc1. The number of hydrogen-bond acceptors (Lipinski definition) is 3. The third-order valence-corrected chi connectivity index (χ3v) is 5.70. The fourth-order valence-corrected chi connectivity index (χ4v) is 3.97. The van der Waals surface area contributed by atoms with E-state index in [2.05, 4.69) is 12.2 Å². The van der Waals surface area contributed by atoms with E-state index in [0.717, 1.165) is 29.0 Å². The lowest BCUT2D eigenvalue weighted by Gasteiger charge is -2.17. The lowest BCUT2D eigenvalue weighted by atomic mass is 10.1. The summed E-state index contributed by atoms with van der Waals surface area (Å²) in [7, 11) is 0. The van der Waals surface area contributed by atoms with E-state index in [1.54, 1.807) is 4.90 Å². The van der Waals surface area contributed by atoms with Crippen LogP contribution in [0.1, 0.15) is 38.1 Å². The average molecular weight is 376 g/mol. The number of hydrogen-bond donors (Lipinski definition) is 1. The van der Waals surface area contributed by atoms with Gasteiger partial charge in [0.05, 0.1) is 4.88 Å². The van der Waals surface area contributed by atoms with Gasteiger partial charge in [0.2, 0.25) is 0 Å². The molecule has 0 fully saturated rings. The van der Waals surface area contributed by atoms with Crippen molar-refractivity contribution in [2.24, 2.45) is 0 Å². The molecule has 0 atom stereocenters. The van der Waals surface area contributed by atoms with Crippen LogP contribution in [0.2, 0.25) is 0 Å². The second-order valence-electron chi connectivity index (χ2n) is 6.53. The van der Waals surface area contributed by atoms with E-state index in [1.165, 1.54) is 16.9 Å². The number of benzene rings is 2. The second kappa shape index (κ2) is 7.37. The summed E-state index contributed by atoms with van der Waals surface area (Å²) in [5, 5.41) is 4.85. The van der Waals surface area contributed by atoms with Gasteiger partial charge in [-0.3, -0.25) is 9.59 Å². The molecule has 2 amide bonds. The third kappa shape index (κ3) is 3.51. The lowest BCUT2D eigenvalue weighted by molar-refractivity contribution is 0.0991. The maximum Gasteiger partial charge on any atom is 0.268 e. The van der Waals surface area contributed by atoms with E-state index in [9.17, 15) is 9.59 Å². The smallest absolute Gasteiger partial charge is 0.268 e. The summed E-state index contributed by atoms with van der Waals surface area (Å²) in [5.74, 6) is -0.130. The average Bonchev–Trinajstić information content (AvgIpc) is 3.37.